The second kappa shape index (κ2) is 10.5. The molecule has 0 unspecified atom stereocenters. The number of methoxy groups -OCH3 is 2. The molecule has 0 atom stereocenters. The first-order valence-electron chi connectivity index (χ1n) is 10.8. The Morgan fingerprint density at radius 2 is 1.58 bits per heavy atom. The van der Waals surface area contributed by atoms with Crippen molar-refractivity contribution >= 4 is 23.2 Å². The summed E-state index contributed by atoms with van der Waals surface area (Å²) in [5, 5.41) is 0.715. The highest BCUT2D eigenvalue weighted by Crippen LogP contribution is 2.29. The first-order valence-corrected chi connectivity index (χ1v) is 11.2. The summed E-state index contributed by atoms with van der Waals surface area (Å²) < 4.78 is 16.8. The van der Waals surface area contributed by atoms with E-state index in [2.05, 4.69) is 4.90 Å². The molecule has 1 aliphatic rings. The van der Waals surface area contributed by atoms with E-state index in [9.17, 15) is 4.79 Å². The lowest BCUT2D eigenvalue weighted by Crippen LogP contribution is -2.48. The normalized spacial score (nSPS) is 13.5. The number of halogens is 1. The molecule has 0 saturated carbocycles. The summed E-state index contributed by atoms with van der Waals surface area (Å²) in [4.78, 5) is 17.3. The largest absolute Gasteiger partial charge is 0.496 e. The van der Waals surface area contributed by atoms with Crippen LogP contribution in [0.15, 0.2) is 66.7 Å². The fraction of sp³-hybridized carbons (Fsp3) is 0.269. The summed E-state index contributed by atoms with van der Waals surface area (Å²) in [5.74, 6) is 1.96. The number of amides is 1. The molecule has 1 heterocycles. The molecule has 0 radical (unpaired) electrons. The topological polar surface area (TPSA) is 51.2 Å². The van der Waals surface area contributed by atoms with Gasteiger partial charge in [-0.3, -0.25) is 4.79 Å². The second-order valence-corrected chi connectivity index (χ2v) is 8.16. The van der Waals surface area contributed by atoms with Crippen LogP contribution in [0.1, 0.15) is 15.9 Å². The van der Waals surface area contributed by atoms with Gasteiger partial charge in [0.05, 0.1) is 14.2 Å². The molecule has 3 aromatic carbocycles. The summed E-state index contributed by atoms with van der Waals surface area (Å²) >= 11 is 6.13. The van der Waals surface area contributed by atoms with E-state index in [4.69, 9.17) is 25.8 Å². The van der Waals surface area contributed by atoms with Crippen LogP contribution in [-0.2, 0) is 6.61 Å². The Bertz CT molecular complexity index is 1110. The van der Waals surface area contributed by atoms with Crippen LogP contribution in [0.25, 0.3) is 0 Å². The average Bonchev–Trinajstić information content (AvgIpc) is 2.87. The van der Waals surface area contributed by atoms with Crippen LogP contribution in [0.2, 0.25) is 5.02 Å². The van der Waals surface area contributed by atoms with Gasteiger partial charge in [0.2, 0.25) is 0 Å². The molecule has 33 heavy (non-hydrogen) atoms. The van der Waals surface area contributed by atoms with Crippen molar-refractivity contribution in [2.45, 2.75) is 6.61 Å². The Morgan fingerprint density at radius 3 is 2.27 bits per heavy atom. The number of hydrogen-bond acceptors (Lipinski definition) is 5. The van der Waals surface area contributed by atoms with Crippen molar-refractivity contribution < 1.29 is 19.0 Å². The summed E-state index contributed by atoms with van der Waals surface area (Å²) in [6.07, 6.45) is 0. The van der Waals surface area contributed by atoms with Crippen LogP contribution < -0.4 is 19.1 Å². The number of piperazine rings is 1. The van der Waals surface area contributed by atoms with Gasteiger partial charge in [-0.15, -0.1) is 0 Å². The van der Waals surface area contributed by atoms with Crippen molar-refractivity contribution in [3.05, 3.63) is 82.9 Å². The fourth-order valence-electron chi connectivity index (χ4n) is 3.94. The number of benzene rings is 3. The number of hydrogen-bond donors (Lipinski definition) is 0. The molecule has 1 amide bonds. The molecule has 0 spiro atoms. The minimum absolute atomic E-state index is 0.00180. The molecule has 0 aromatic heterocycles. The lowest BCUT2D eigenvalue weighted by molar-refractivity contribution is 0.0746. The van der Waals surface area contributed by atoms with Gasteiger partial charge in [0.25, 0.3) is 5.91 Å². The second-order valence-electron chi connectivity index (χ2n) is 7.73. The van der Waals surface area contributed by atoms with E-state index in [0.29, 0.717) is 40.9 Å². The SMILES string of the molecule is COc1ccc(C(=O)N2CCN(c3cccc(Cl)c3)CC2)cc1COc1ccccc1OC. The minimum Gasteiger partial charge on any atom is -0.496 e. The minimum atomic E-state index is 0.00180. The van der Waals surface area contributed by atoms with E-state index in [1.807, 2.05) is 65.6 Å². The molecule has 1 aliphatic heterocycles. The van der Waals surface area contributed by atoms with E-state index in [0.717, 1.165) is 24.3 Å². The Kier molecular flexibility index (Phi) is 7.25. The monoisotopic (exact) mass is 466 g/mol. The zero-order valence-corrected chi connectivity index (χ0v) is 19.5. The molecule has 0 bridgehead atoms. The van der Waals surface area contributed by atoms with Gasteiger partial charge in [0.1, 0.15) is 12.4 Å². The average molecular weight is 467 g/mol. The molecular formula is C26H27ClN2O4. The highest BCUT2D eigenvalue weighted by Gasteiger charge is 2.23. The predicted molar refractivity (Wildman–Crippen MR) is 130 cm³/mol. The summed E-state index contributed by atoms with van der Waals surface area (Å²) in [7, 11) is 3.21. The third-order valence-electron chi connectivity index (χ3n) is 5.72. The van der Waals surface area contributed by atoms with Crippen molar-refractivity contribution in [3.8, 4) is 17.2 Å². The van der Waals surface area contributed by atoms with Crippen LogP contribution in [-0.4, -0.2) is 51.2 Å². The first-order chi connectivity index (χ1) is 16.1. The zero-order chi connectivity index (χ0) is 23.2. The zero-order valence-electron chi connectivity index (χ0n) is 18.8. The van der Waals surface area contributed by atoms with E-state index >= 15 is 0 Å². The van der Waals surface area contributed by atoms with Gasteiger partial charge in [-0.25, -0.2) is 0 Å². The van der Waals surface area contributed by atoms with Crippen LogP contribution in [0.4, 0.5) is 5.69 Å². The molecule has 1 saturated heterocycles. The van der Waals surface area contributed by atoms with E-state index in [-0.39, 0.29) is 12.5 Å². The van der Waals surface area contributed by atoms with Crippen molar-refractivity contribution in [1.82, 2.24) is 4.90 Å². The number of carbonyl (C=O) groups is 1. The van der Waals surface area contributed by atoms with Crippen molar-refractivity contribution in [3.63, 3.8) is 0 Å². The number of para-hydroxylation sites is 2. The lowest BCUT2D eigenvalue weighted by Gasteiger charge is -2.36. The Labute approximate surface area is 199 Å². The van der Waals surface area contributed by atoms with Gasteiger partial charge in [0, 0.05) is 48.0 Å². The van der Waals surface area contributed by atoms with Gasteiger partial charge >= 0.3 is 0 Å². The predicted octanol–water partition coefficient (Wildman–Crippen LogP) is 4.90. The number of nitrogens with zero attached hydrogens (tertiary/aromatic N) is 2. The maximum Gasteiger partial charge on any atom is 0.253 e. The van der Waals surface area contributed by atoms with Gasteiger partial charge in [-0.05, 0) is 48.5 Å². The maximum absolute atomic E-state index is 13.2. The quantitative estimate of drug-likeness (QED) is 0.495. The molecule has 4 rings (SSSR count). The van der Waals surface area contributed by atoms with Crippen LogP contribution in [0.5, 0.6) is 17.2 Å². The highest BCUT2D eigenvalue weighted by atomic mass is 35.5. The number of rotatable bonds is 7. The lowest BCUT2D eigenvalue weighted by atomic mass is 10.1. The molecule has 1 fully saturated rings. The number of anilines is 1. The molecule has 3 aromatic rings. The van der Waals surface area contributed by atoms with Crippen LogP contribution >= 0.6 is 11.6 Å². The van der Waals surface area contributed by atoms with E-state index in [1.165, 1.54) is 0 Å². The molecular weight excluding hydrogens is 440 g/mol. The molecule has 0 aliphatic carbocycles. The number of ether oxygens (including phenoxy) is 3. The van der Waals surface area contributed by atoms with Crippen LogP contribution in [0, 0.1) is 0 Å². The van der Waals surface area contributed by atoms with Gasteiger partial charge in [0.15, 0.2) is 11.5 Å². The standard InChI is InChI=1S/C26H27ClN2O4/c1-31-23-11-10-19(16-20(23)18-33-25-9-4-3-8-24(25)32-2)26(30)29-14-12-28(13-15-29)22-7-5-6-21(27)17-22/h3-11,16-17H,12-15,18H2,1-2H3. The molecule has 172 valence electrons. The highest BCUT2D eigenvalue weighted by molar-refractivity contribution is 6.30. The van der Waals surface area contributed by atoms with E-state index < -0.39 is 0 Å². The molecule has 6 nitrogen and oxygen atoms in total. The Morgan fingerprint density at radius 1 is 0.848 bits per heavy atom. The van der Waals surface area contributed by atoms with Crippen molar-refractivity contribution in [2.75, 3.05) is 45.3 Å². The summed E-state index contributed by atoms with van der Waals surface area (Å²) in [5.41, 5.74) is 2.49. The van der Waals surface area contributed by atoms with E-state index in [1.54, 1.807) is 20.3 Å². The van der Waals surface area contributed by atoms with Gasteiger partial charge < -0.3 is 24.0 Å². The Balaban J connectivity index is 1.44. The van der Waals surface area contributed by atoms with Crippen molar-refractivity contribution in [2.24, 2.45) is 0 Å². The summed E-state index contributed by atoms with van der Waals surface area (Å²) in [6, 6.07) is 20.7. The first kappa shape index (κ1) is 22.8. The third-order valence-corrected chi connectivity index (χ3v) is 5.95. The summed E-state index contributed by atoms with van der Waals surface area (Å²) in [6.45, 7) is 3.06. The van der Waals surface area contributed by atoms with Crippen LogP contribution in [0.3, 0.4) is 0 Å². The van der Waals surface area contributed by atoms with Gasteiger partial charge in [-0.2, -0.15) is 0 Å². The smallest absolute Gasteiger partial charge is 0.253 e. The maximum atomic E-state index is 13.2. The number of carbonyl (C=O) groups excluding carboxylic acids is 1. The molecule has 0 N–H and O–H groups in total. The Hall–Kier alpha value is -3.38. The van der Waals surface area contributed by atoms with Crippen molar-refractivity contribution in [1.29, 1.82) is 0 Å². The fourth-order valence-corrected chi connectivity index (χ4v) is 4.13. The molecule has 7 heteroatoms. The third kappa shape index (κ3) is 5.34. The van der Waals surface area contributed by atoms with Gasteiger partial charge in [-0.1, -0.05) is 29.8 Å².